The average molecular weight is 212 g/mol. The van der Waals surface area contributed by atoms with Gasteiger partial charge < -0.3 is 10.5 Å². The first-order chi connectivity index (χ1) is 6.56. The Labute approximate surface area is 81.0 Å². The van der Waals surface area contributed by atoms with Gasteiger partial charge in [0, 0.05) is 26.2 Å². The van der Waals surface area contributed by atoms with Gasteiger partial charge in [-0.1, -0.05) is 0 Å². The van der Waals surface area contributed by atoms with Crippen LogP contribution < -0.4 is 5.73 Å². The van der Waals surface area contributed by atoms with Gasteiger partial charge in [-0.2, -0.15) is 0 Å². The fourth-order valence-electron chi connectivity index (χ4n) is 1.67. The van der Waals surface area contributed by atoms with Crippen molar-refractivity contribution in [2.45, 2.75) is 31.3 Å². The van der Waals surface area contributed by atoms with Gasteiger partial charge in [0.25, 0.3) is 6.43 Å². The van der Waals surface area contributed by atoms with Gasteiger partial charge in [0.15, 0.2) is 0 Å². The molecule has 0 aromatic heterocycles. The van der Waals surface area contributed by atoms with E-state index in [1.54, 1.807) is 0 Å². The molecule has 84 valence electrons. The number of ether oxygens (including phenoxy) is 1. The molecule has 1 heterocycles. The van der Waals surface area contributed by atoms with E-state index < -0.39 is 18.8 Å². The van der Waals surface area contributed by atoms with Crippen molar-refractivity contribution in [1.82, 2.24) is 4.90 Å². The number of nitrogens with zero attached hydrogens (tertiary/aromatic N) is 1. The Morgan fingerprint density at radius 3 is 2.43 bits per heavy atom. The third-order valence-corrected chi connectivity index (χ3v) is 2.43. The molecule has 0 bridgehead atoms. The molecule has 2 N–H and O–H groups in total. The molecule has 0 amide bonds. The van der Waals surface area contributed by atoms with Crippen LogP contribution in [0.3, 0.4) is 0 Å². The van der Waals surface area contributed by atoms with Gasteiger partial charge in [-0.15, -0.1) is 0 Å². The first-order valence-corrected chi connectivity index (χ1v) is 4.51. The maximum atomic E-state index is 13.0. The Balaban J connectivity index is 2.58. The van der Waals surface area contributed by atoms with Gasteiger partial charge in [0.05, 0.1) is 0 Å². The summed E-state index contributed by atoms with van der Waals surface area (Å²) >= 11 is 0. The van der Waals surface area contributed by atoms with E-state index in [2.05, 4.69) is 4.74 Å². The Morgan fingerprint density at radius 2 is 2.07 bits per heavy atom. The van der Waals surface area contributed by atoms with Crippen LogP contribution in [0.15, 0.2) is 0 Å². The first-order valence-electron chi connectivity index (χ1n) is 4.51. The fourth-order valence-corrected chi connectivity index (χ4v) is 1.67. The van der Waals surface area contributed by atoms with Crippen LogP contribution in [0.5, 0.6) is 0 Å². The van der Waals surface area contributed by atoms with Crippen molar-refractivity contribution in [2.24, 2.45) is 5.73 Å². The zero-order valence-corrected chi connectivity index (χ0v) is 8.00. The summed E-state index contributed by atoms with van der Waals surface area (Å²) in [5, 5.41) is 0. The van der Waals surface area contributed by atoms with Crippen LogP contribution in [0.4, 0.5) is 13.2 Å². The van der Waals surface area contributed by atoms with E-state index in [0.29, 0.717) is 19.5 Å². The van der Waals surface area contributed by atoms with Gasteiger partial charge in [-0.05, 0) is 6.42 Å². The lowest BCUT2D eigenvalue weighted by Crippen LogP contribution is -2.47. The third-order valence-electron chi connectivity index (χ3n) is 2.43. The molecule has 6 heteroatoms. The van der Waals surface area contributed by atoms with Gasteiger partial charge in [-0.25, -0.2) is 13.2 Å². The van der Waals surface area contributed by atoms with Gasteiger partial charge in [0.2, 0.25) is 6.36 Å². The van der Waals surface area contributed by atoms with E-state index in [0.717, 1.165) is 7.11 Å². The number of halogens is 3. The predicted octanol–water partition coefficient (Wildman–Crippen LogP) is 0.595. The van der Waals surface area contributed by atoms with Crippen LogP contribution in [0.2, 0.25) is 0 Å². The van der Waals surface area contributed by atoms with Crippen LogP contribution in [0.1, 0.15) is 6.42 Å². The Kier molecular flexibility index (Phi) is 4.15. The second kappa shape index (κ2) is 4.95. The molecule has 0 saturated carbocycles. The van der Waals surface area contributed by atoms with Gasteiger partial charge >= 0.3 is 0 Å². The van der Waals surface area contributed by atoms with Crippen molar-refractivity contribution in [3.8, 4) is 0 Å². The summed E-state index contributed by atoms with van der Waals surface area (Å²) < 4.78 is 42.4. The molecular weight excluding hydrogens is 197 g/mol. The fraction of sp³-hybridized carbons (Fsp3) is 1.00. The molecule has 0 aromatic rings. The van der Waals surface area contributed by atoms with E-state index in [4.69, 9.17) is 5.73 Å². The van der Waals surface area contributed by atoms with Crippen LogP contribution in [-0.2, 0) is 4.74 Å². The summed E-state index contributed by atoms with van der Waals surface area (Å²) in [6.07, 6.45) is -4.09. The molecule has 3 atom stereocenters. The van der Waals surface area contributed by atoms with Gasteiger partial charge in [0.1, 0.15) is 6.04 Å². The molecule has 0 aromatic carbocycles. The number of alkyl halides is 3. The topological polar surface area (TPSA) is 38.5 Å². The highest BCUT2D eigenvalue weighted by Gasteiger charge is 2.38. The SMILES string of the molecule is COC(F)C(C(F)F)N1CCC(N)C1. The standard InChI is InChI=1S/C8H15F3N2O/c1-14-8(11)6(7(9)10)13-3-2-5(12)4-13/h5-8H,2-4,12H2,1H3. The number of nitrogens with two attached hydrogens (primary N) is 1. The molecule has 0 spiro atoms. The van der Waals surface area contributed by atoms with Crippen LogP contribution >= 0.6 is 0 Å². The van der Waals surface area contributed by atoms with E-state index in [-0.39, 0.29) is 6.04 Å². The highest BCUT2D eigenvalue weighted by molar-refractivity contribution is 4.86. The van der Waals surface area contributed by atoms with Gasteiger partial charge in [-0.3, -0.25) is 4.90 Å². The van der Waals surface area contributed by atoms with Crippen LogP contribution in [0.25, 0.3) is 0 Å². The van der Waals surface area contributed by atoms with Crippen LogP contribution in [-0.4, -0.2) is 50.0 Å². The minimum Gasteiger partial charge on any atom is -0.350 e. The van der Waals surface area contributed by atoms with E-state index in [1.165, 1.54) is 4.90 Å². The van der Waals surface area contributed by atoms with E-state index in [9.17, 15) is 13.2 Å². The number of rotatable bonds is 4. The summed E-state index contributed by atoms with van der Waals surface area (Å²) in [6.45, 7) is 0.707. The molecular formula is C8H15F3N2O. The maximum absolute atomic E-state index is 13.0. The zero-order valence-electron chi connectivity index (χ0n) is 8.00. The quantitative estimate of drug-likeness (QED) is 0.741. The molecule has 3 unspecified atom stereocenters. The summed E-state index contributed by atoms with van der Waals surface area (Å²) in [5.74, 6) is 0. The maximum Gasteiger partial charge on any atom is 0.259 e. The van der Waals surface area contributed by atoms with Crippen molar-refractivity contribution in [2.75, 3.05) is 20.2 Å². The van der Waals surface area contributed by atoms with Crippen molar-refractivity contribution in [1.29, 1.82) is 0 Å². The lowest BCUT2D eigenvalue weighted by Gasteiger charge is -2.28. The minimum atomic E-state index is -2.75. The molecule has 1 saturated heterocycles. The number of hydrogen-bond donors (Lipinski definition) is 1. The average Bonchev–Trinajstić information content (AvgIpc) is 2.51. The lowest BCUT2D eigenvalue weighted by atomic mass is 10.2. The van der Waals surface area contributed by atoms with E-state index in [1.807, 2.05) is 0 Å². The molecule has 0 radical (unpaired) electrons. The zero-order chi connectivity index (χ0) is 10.7. The Bertz CT molecular complexity index is 182. The lowest BCUT2D eigenvalue weighted by molar-refractivity contribution is -0.113. The summed E-state index contributed by atoms with van der Waals surface area (Å²) in [7, 11) is 1.08. The highest BCUT2D eigenvalue weighted by Crippen LogP contribution is 2.21. The van der Waals surface area contributed by atoms with Crippen molar-refractivity contribution < 1.29 is 17.9 Å². The summed E-state index contributed by atoms with van der Waals surface area (Å²) in [4.78, 5) is 1.35. The first kappa shape index (κ1) is 11.7. The normalized spacial score (nSPS) is 28.3. The molecule has 1 aliphatic rings. The minimum absolute atomic E-state index is 0.139. The molecule has 1 rings (SSSR count). The van der Waals surface area contributed by atoms with Crippen molar-refractivity contribution in [3.63, 3.8) is 0 Å². The number of hydrogen-bond acceptors (Lipinski definition) is 3. The number of methoxy groups -OCH3 is 1. The molecule has 1 fully saturated rings. The van der Waals surface area contributed by atoms with E-state index >= 15 is 0 Å². The summed E-state index contributed by atoms with van der Waals surface area (Å²) in [5.41, 5.74) is 5.55. The number of likely N-dealkylation sites (tertiary alicyclic amines) is 1. The second-order valence-electron chi connectivity index (χ2n) is 3.46. The van der Waals surface area contributed by atoms with Crippen LogP contribution in [0, 0.1) is 0 Å². The van der Waals surface area contributed by atoms with Crippen molar-refractivity contribution in [3.05, 3.63) is 0 Å². The Hall–Kier alpha value is -0.330. The molecule has 14 heavy (non-hydrogen) atoms. The van der Waals surface area contributed by atoms with Crippen molar-refractivity contribution >= 4 is 0 Å². The highest BCUT2D eigenvalue weighted by atomic mass is 19.3. The monoisotopic (exact) mass is 212 g/mol. The Morgan fingerprint density at radius 1 is 1.43 bits per heavy atom. The molecule has 1 aliphatic heterocycles. The second-order valence-corrected chi connectivity index (χ2v) is 3.46. The summed E-state index contributed by atoms with van der Waals surface area (Å²) in [6, 6.07) is -1.63. The molecule has 3 nitrogen and oxygen atoms in total. The largest absolute Gasteiger partial charge is 0.350 e. The third kappa shape index (κ3) is 2.59. The smallest absolute Gasteiger partial charge is 0.259 e. The molecule has 0 aliphatic carbocycles. The predicted molar refractivity (Wildman–Crippen MR) is 45.9 cm³/mol.